The normalized spacial score (nSPS) is 15.7. The van der Waals surface area contributed by atoms with Crippen LogP contribution in [0.15, 0.2) is 40.9 Å². The Morgan fingerprint density at radius 1 is 1.17 bits per heavy atom. The lowest BCUT2D eigenvalue weighted by atomic mass is 10.1. The number of carbonyl (C=O) groups is 1. The molecular formula is C22H26N4O4. The van der Waals surface area contributed by atoms with Gasteiger partial charge in [0.15, 0.2) is 0 Å². The number of nitrogens with zero attached hydrogens (tertiary/aromatic N) is 4. The number of amides is 1. The van der Waals surface area contributed by atoms with Crippen LogP contribution < -0.4 is 9.47 Å². The zero-order valence-corrected chi connectivity index (χ0v) is 17.5. The fraction of sp³-hybridized carbons (Fsp3) is 0.409. The van der Waals surface area contributed by atoms with Crippen molar-refractivity contribution in [2.45, 2.75) is 38.8 Å². The van der Waals surface area contributed by atoms with Gasteiger partial charge in [0.25, 0.3) is 0 Å². The maximum Gasteiger partial charge on any atom is 0.223 e. The summed E-state index contributed by atoms with van der Waals surface area (Å²) in [5.74, 6) is 2.51. The second kappa shape index (κ2) is 8.61. The van der Waals surface area contributed by atoms with Crippen molar-refractivity contribution in [3.63, 3.8) is 0 Å². The van der Waals surface area contributed by atoms with E-state index in [0.717, 1.165) is 23.6 Å². The van der Waals surface area contributed by atoms with Gasteiger partial charge in [-0.25, -0.2) is 0 Å². The van der Waals surface area contributed by atoms with Crippen LogP contribution in [0.2, 0.25) is 0 Å². The summed E-state index contributed by atoms with van der Waals surface area (Å²) in [4.78, 5) is 14.7. The molecule has 0 spiro atoms. The second-order valence-electron chi connectivity index (χ2n) is 7.33. The molecule has 0 bridgehead atoms. The predicted molar refractivity (Wildman–Crippen MR) is 110 cm³/mol. The predicted octanol–water partition coefficient (Wildman–Crippen LogP) is 3.02. The van der Waals surface area contributed by atoms with Crippen LogP contribution in [0.5, 0.6) is 11.5 Å². The van der Waals surface area contributed by atoms with Crippen molar-refractivity contribution < 1.29 is 18.7 Å². The van der Waals surface area contributed by atoms with E-state index in [0.29, 0.717) is 37.6 Å². The molecule has 2 aromatic heterocycles. The fourth-order valence-corrected chi connectivity index (χ4v) is 3.92. The molecule has 30 heavy (non-hydrogen) atoms. The van der Waals surface area contributed by atoms with Crippen molar-refractivity contribution in [1.82, 2.24) is 19.7 Å². The van der Waals surface area contributed by atoms with Crippen molar-refractivity contribution in [2.24, 2.45) is 0 Å². The van der Waals surface area contributed by atoms with E-state index in [9.17, 15) is 4.79 Å². The maximum atomic E-state index is 12.8. The smallest absolute Gasteiger partial charge is 0.223 e. The largest absolute Gasteiger partial charge is 0.497 e. The summed E-state index contributed by atoms with van der Waals surface area (Å²) < 4.78 is 18.7. The lowest BCUT2D eigenvalue weighted by Crippen LogP contribution is -2.40. The molecule has 4 rings (SSSR count). The molecule has 0 aliphatic carbocycles. The van der Waals surface area contributed by atoms with E-state index in [2.05, 4.69) is 34.0 Å². The van der Waals surface area contributed by atoms with Crippen LogP contribution in [0.4, 0.5) is 0 Å². The van der Waals surface area contributed by atoms with Crippen molar-refractivity contribution in [2.75, 3.05) is 20.8 Å². The highest BCUT2D eigenvalue weighted by molar-refractivity contribution is 5.77. The Hall–Kier alpha value is -3.29. The van der Waals surface area contributed by atoms with Crippen molar-refractivity contribution in [3.8, 4) is 11.5 Å². The monoisotopic (exact) mass is 410 g/mol. The van der Waals surface area contributed by atoms with Crippen LogP contribution in [0.25, 0.3) is 0 Å². The van der Waals surface area contributed by atoms with Gasteiger partial charge in [-0.3, -0.25) is 4.79 Å². The Morgan fingerprint density at radius 2 is 2.00 bits per heavy atom. The Morgan fingerprint density at radius 3 is 2.80 bits per heavy atom. The lowest BCUT2D eigenvalue weighted by molar-refractivity contribution is -0.134. The third-order valence-electron chi connectivity index (χ3n) is 5.55. The molecule has 1 amide bonds. The van der Waals surface area contributed by atoms with Crippen LogP contribution in [0.1, 0.15) is 42.4 Å². The average molecular weight is 410 g/mol. The number of carbonyl (C=O) groups excluding carboxylic acids is 1. The Bertz CT molecular complexity index is 1030. The molecule has 1 aliphatic heterocycles. The van der Waals surface area contributed by atoms with Crippen LogP contribution >= 0.6 is 0 Å². The SMILES string of the molecule is COc1ccc(OC)c(Cc2nnc(CCC(=O)N3CCn4cccc4[C@@H]3C)o2)c1. The molecule has 0 unspecified atom stereocenters. The fourth-order valence-electron chi connectivity index (χ4n) is 3.92. The maximum absolute atomic E-state index is 12.8. The molecule has 3 aromatic rings. The molecule has 1 atom stereocenters. The van der Waals surface area contributed by atoms with Crippen LogP contribution in [0.3, 0.4) is 0 Å². The molecule has 0 fully saturated rings. The molecule has 3 heterocycles. The Labute approximate surface area is 175 Å². The number of aromatic nitrogens is 3. The molecular weight excluding hydrogens is 384 g/mol. The van der Waals surface area contributed by atoms with Crippen molar-refractivity contribution >= 4 is 5.91 Å². The molecule has 0 saturated heterocycles. The summed E-state index contributed by atoms with van der Waals surface area (Å²) >= 11 is 0. The number of fused-ring (bicyclic) bond motifs is 1. The van der Waals surface area contributed by atoms with Gasteiger partial charge in [-0.1, -0.05) is 0 Å². The number of benzene rings is 1. The highest BCUT2D eigenvalue weighted by atomic mass is 16.5. The van der Waals surface area contributed by atoms with Crippen LogP contribution in [-0.2, 0) is 24.2 Å². The second-order valence-corrected chi connectivity index (χ2v) is 7.33. The number of aryl methyl sites for hydroxylation is 1. The molecule has 0 saturated carbocycles. The van der Waals surface area contributed by atoms with Gasteiger partial charge in [-0.15, -0.1) is 10.2 Å². The summed E-state index contributed by atoms with van der Waals surface area (Å²) in [6.07, 6.45) is 3.26. The zero-order valence-electron chi connectivity index (χ0n) is 17.5. The summed E-state index contributed by atoms with van der Waals surface area (Å²) in [6.45, 7) is 3.60. The summed E-state index contributed by atoms with van der Waals surface area (Å²) in [5, 5.41) is 8.24. The topological polar surface area (TPSA) is 82.6 Å². The molecule has 0 radical (unpaired) electrons. The summed E-state index contributed by atoms with van der Waals surface area (Å²) in [7, 11) is 3.24. The minimum Gasteiger partial charge on any atom is -0.497 e. The molecule has 158 valence electrons. The number of methoxy groups -OCH3 is 2. The van der Waals surface area contributed by atoms with E-state index in [1.807, 2.05) is 29.2 Å². The van der Waals surface area contributed by atoms with Gasteiger partial charge in [0.1, 0.15) is 11.5 Å². The minimum atomic E-state index is 0.0695. The first-order valence-corrected chi connectivity index (χ1v) is 10.1. The van der Waals surface area contributed by atoms with E-state index in [1.54, 1.807) is 14.2 Å². The molecule has 1 aliphatic rings. The van der Waals surface area contributed by atoms with Gasteiger partial charge < -0.3 is 23.4 Å². The average Bonchev–Trinajstić information content (AvgIpc) is 3.42. The van der Waals surface area contributed by atoms with Crippen LogP contribution in [-0.4, -0.2) is 46.3 Å². The van der Waals surface area contributed by atoms with Gasteiger partial charge in [-0.05, 0) is 37.3 Å². The van der Waals surface area contributed by atoms with Crippen molar-refractivity contribution in [1.29, 1.82) is 0 Å². The molecule has 8 heteroatoms. The number of hydrogen-bond acceptors (Lipinski definition) is 6. The molecule has 8 nitrogen and oxygen atoms in total. The third kappa shape index (κ3) is 4.03. The highest BCUT2D eigenvalue weighted by Crippen LogP contribution is 2.27. The summed E-state index contributed by atoms with van der Waals surface area (Å²) in [6, 6.07) is 9.74. The first kappa shape index (κ1) is 20.0. The lowest BCUT2D eigenvalue weighted by Gasteiger charge is -2.35. The quantitative estimate of drug-likeness (QED) is 0.595. The van der Waals surface area contributed by atoms with Gasteiger partial charge in [0.2, 0.25) is 17.7 Å². The minimum absolute atomic E-state index is 0.0695. The van der Waals surface area contributed by atoms with Crippen LogP contribution in [0, 0.1) is 0 Å². The molecule has 1 aromatic carbocycles. The summed E-state index contributed by atoms with van der Waals surface area (Å²) in [5.41, 5.74) is 2.06. The van der Waals surface area contributed by atoms with E-state index in [1.165, 1.54) is 5.69 Å². The zero-order chi connectivity index (χ0) is 21.1. The third-order valence-corrected chi connectivity index (χ3v) is 5.55. The first-order valence-electron chi connectivity index (χ1n) is 10.1. The van der Waals surface area contributed by atoms with E-state index in [-0.39, 0.29) is 11.9 Å². The Kier molecular flexibility index (Phi) is 5.74. The van der Waals surface area contributed by atoms with E-state index < -0.39 is 0 Å². The van der Waals surface area contributed by atoms with Gasteiger partial charge in [-0.2, -0.15) is 0 Å². The Balaban J connectivity index is 1.37. The number of hydrogen-bond donors (Lipinski definition) is 0. The molecule has 0 N–H and O–H groups in total. The first-order chi connectivity index (χ1) is 14.6. The van der Waals surface area contributed by atoms with Gasteiger partial charge >= 0.3 is 0 Å². The standard InChI is InChI=1S/C22H26N4O4/c1-15-18-5-4-10-25(18)11-12-26(15)22(27)9-8-20-23-24-21(30-20)14-16-13-17(28-2)6-7-19(16)29-3/h4-7,10,13,15H,8-9,11-12,14H2,1-3H3/t15-/m0/s1. The van der Waals surface area contributed by atoms with Crippen molar-refractivity contribution in [3.05, 3.63) is 59.6 Å². The van der Waals surface area contributed by atoms with E-state index >= 15 is 0 Å². The van der Waals surface area contributed by atoms with Gasteiger partial charge in [0, 0.05) is 43.4 Å². The number of ether oxygens (including phenoxy) is 2. The number of rotatable bonds is 7. The van der Waals surface area contributed by atoms with Gasteiger partial charge in [0.05, 0.1) is 26.7 Å². The van der Waals surface area contributed by atoms with E-state index in [4.69, 9.17) is 13.9 Å². The highest BCUT2D eigenvalue weighted by Gasteiger charge is 2.27.